The second-order valence-electron chi connectivity index (χ2n) is 4.48. The predicted octanol–water partition coefficient (Wildman–Crippen LogP) is 3.44. The summed E-state index contributed by atoms with van der Waals surface area (Å²) in [5.41, 5.74) is 7.23. The first-order valence-corrected chi connectivity index (χ1v) is 7.11. The van der Waals surface area contributed by atoms with Crippen LogP contribution in [0.1, 0.15) is 12.0 Å². The lowest BCUT2D eigenvalue weighted by molar-refractivity contribution is 0.0153. The molecule has 1 unspecified atom stereocenters. The summed E-state index contributed by atoms with van der Waals surface area (Å²) >= 11 is 1.70. The maximum Gasteiger partial charge on any atom is 0.261 e. The number of thiophene rings is 1. The number of halogens is 2. The first-order chi connectivity index (χ1) is 9.16. The van der Waals surface area contributed by atoms with Crippen LogP contribution in [0.25, 0.3) is 10.1 Å². The number of rotatable bonds is 7. The van der Waals surface area contributed by atoms with Crippen LogP contribution < -0.4 is 5.73 Å². The minimum absolute atomic E-state index is 0.0596. The van der Waals surface area contributed by atoms with Crippen LogP contribution in [0.4, 0.5) is 8.78 Å². The van der Waals surface area contributed by atoms with E-state index in [2.05, 4.69) is 17.5 Å². The zero-order valence-electron chi connectivity index (χ0n) is 10.5. The Balaban J connectivity index is 1.83. The Bertz CT molecular complexity index is 515. The van der Waals surface area contributed by atoms with Gasteiger partial charge in [-0.3, -0.25) is 0 Å². The van der Waals surface area contributed by atoms with Crippen molar-refractivity contribution in [1.82, 2.24) is 0 Å². The summed E-state index contributed by atoms with van der Waals surface area (Å²) in [6, 6.07) is 8.13. The van der Waals surface area contributed by atoms with E-state index in [0.717, 1.165) is 6.42 Å². The molecule has 0 bridgehead atoms. The minimum Gasteiger partial charge on any atom is -0.375 e. The fourth-order valence-electron chi connectivity index (χ4n) is 1.98. The van der Waals surface area contributed by atoms with E-state index in [1.54, 1.807) is 11.3 Å². The Morgan fingerprint density at radius 1 is 1.26 bits per heavy atom. The molecule has 1 heterocycles. The van der Waals surface area contributed by atoms with Gasteiger partial charge in [0.05, 0.1) is 0 Å². The molecule has 1 atom stereocenters. The summed E-state index contributed by atoms with van der Waals surface area (Å²) in [7, 11) is 0. The standard InChI is InChI=1S/C14H17F2NOS/c15-14(16)8-18-6-5-11(17)7-10-9-19-13-4-2-1-3-12(10)13/h1-4,9,11,14H,5-8,17H2. The Morgan fingerprint density at radius 3 is 2.84 bits per heavy atom. The van der Waals surface area contributed by atoms with Gasteiger partial charge < -0.3 is 10.5 Å². The summed E-state index contributed by atoms with van der Waals surface area (Å²) in [6.07, 6.45) is -1.06. The number of alkyl halides is 2. The molecule has 0 amide bonds. The van der Waals surface area contributed by atoms with E-state index in [1.165, 1.54) is 15.6 Å². The molecular weight excluding hydrogens is 268 g/mol. The maximum absolute atomic E-state index is 11.9. The van der Waals surface area contributed by atoms with Crippen LogP contribution >= 0.6 is 11.3 Å². The van der Waals surface area contributed by atoms with E-state index in [1.807, 2.05) is 12.1 Å². The maximum atomic E-state index is 11.9. The molecule has 2 rings (SSSR count). The lowest BCUT2D eigenvalue weighted by atomic mass is 10.0. The number of nitrogens with two attached hydrogens (primary N) is 1. The average Bonchev–Trinajstić information content (AvgIpc) is 2.78. The van der Waals surface area contributed by atoms with Gasteiger partial charge in [-0.05, 0) is 35.2 Å². The van der Waals surface area contributed by atoms with Gasteiger partial charge in [0, 0.05) is 17.3 Å². The van der Waals surface area contributed by atoms with Gasteiger partial charge in [-0.15, -0.1) is 11.3 Å². The van der Waals surface area contributed by atoms with Crippen LogP contribution in [0.3, 0.4) is 0 Å². The molecule has 0 aliphatic carbocycles. The van der Waals surface area contributed by atoms with Gasteiger partial charge in [0.2, 0.25) is 0 Å². The largest absolute Gasteiger partial charge is 0.375 e. The van der Waals surface area contributed by atoms with Crippen molar-refractivity contribution in [3.05, 3.63) is 35.2 Å². The zero-order chi connectivity index (χ0) is 13.7. The summed E-state index contributed by atoms with van der Waals surface area (Å²) in [5, 5.41) is 3.35. The average molecular weight is 285 g/mol. The van der Waals surface area contributed by atoms with Gasteiger partial charge in [0.15, 0.2) is 0 Å². The summed E-state index contributed by atoms with van der Waals surface area (Å²) in [5.74, 6) is 0. The number of hydrogen-bond donors (Lipinski definition) is 1. The number of fused-ring (bicyclic) bond motifs is 1. The Kier molecular flexibility index (Phi) is 5.24. The quantitative estimate of drug-likeness (QED) is 0.791. The molecular formula is C14H17F2NOS. The van der Waals surface area contributed by atoms with Gasteiger partial charge >= 0.3 is 0 Å². The molecule has 0 fully saturated rings. The fourth-order valence-corrected chi connectivity index (χ4v) is 2.96. The van der Waals surface area contributed by atoms with E-state index in [9.17, 15) is 8.78 Å². The van der Waals surface area contributed by atoms with E-state index < -0.39 is 13.0 Å². The van der Waals surface area contributed by atoms with Crippen LogP contribution in [0.2, 0.25) is 0 Å². The monoisotopic (exact) mass is 285 g/mol. The molecule has 104 valence electrons. The molecule has 0 saturated carbocycles. The fraction of sp³-hybridized carbons (Fsp3) is 0.429. The van der Waals surface area contributed by atoms with Crippen molar-refractivity contribution >= 4 is 21.4 Å². The summed E-state index contributed by atoms with van der Waals surface area (Å²) < 4.78 is 29.9. The molecule has 0 aliphatic rings. The van der Waals surface area contributed by atoms with Crippen molar-refractivity contribution in [3.63, 3.8) is 0 Å². The Morgan fingerprint density at radius 2 is 2.05 bits per heavy atom. The van der Waals surface area contributed by atoms with Crippen LogP contribution in [-0.4, -0.2) is 25.7 Å². The van der Waals surface area contributed by atoms with Crippen molar-refractivity contribution in [2.24, 2.45) is 5.73 Å². The van der Waals surface area contributed by atoms with Crippen molar-refractivity contribution in [2.45, 2.75) is 25.3 Å². The normalized spacial score (nSPS) is 13.3. The molecule has 1 aromatic carbocycles. The third-order valence-electron chi connectivity index (χ3n) is 2.92. The first-order valence-electron chi connectivity index (χ1n) is 6.23. The third kappa shape index (κ3) is 4.23. The molecule has 0 saturated heterocycles. The predicted molar refractivity (Wildman–Crippen MR) is 74.9 cm³/mol. The van der Waals surface area contributed by atoms with Gasteiger partial charge in [-0.2, -0.15) is 0 Å². The minimum atomic E-state index is -2.41. The number of hydrogen-bond acceptors (Lipinski definition) is 3. The van der Waals surface area contributed by atoms with E-state index >= 15 is 0 Å². The van der Waals surface area contributed by atoms with E-state index in [0.29, 0.717) is 6.42 Å². The summed E-state index contributed by atoms with van der Waals surface area (Å²) in [6.45, 7) is -0.221. The van der Waals surface area contributed by atoms with Crippen LogP contribution in [0.15, 0.2) is 29.6 Å². The highest BCUT2D eigenvalue weighted by molar-refractivity contribution is 7.17. The highest BCUT2D eigenvalue weighted by Gasteiger charge is 2.09. The molecule has 2 nitrogen and oxygen atoms in total. The molecule has 1 aromatic heterocycles. The van der Waals surface area contributed by atoms with Crippen LogP contribution in [0, 0.1) is 0 Å². The second-order valence-corrected chi connectivity index (χ2v) is 5.39. The smallest absolute Gasteiger partial charge is 0.261 e. The SMILES string of the molecule is NC(CCOCC(F)F)Cc1csc2ccccc12. The molecule has 5 heteroatoms. The van der Waals surface area contributed by atoms with E-state index in [-0.39, 0.29) is 12.6 Å². The topological polar surface area (TPSA) is 35.2 Å². The van der Waals surface area contributed by atoms with Crippen molar-refractivity contribution in [2.75, 3.05) is 13.2 Å². The third-order valence-corrected chi connectivity index (χ3v) is 3.93. The Labute approximate surface area is 115 Å². The highest BCUT2D eigenvalue weighted by atomic mass is 32.1. The van der Waals surface area contributed by atoms with Crippen LogP contribution in [-0.2, 0) is 11.2 Å². The zero-order valence-corrected chi connectivity index (χ0v) is 11.3. The molecule has 2 aromatic rings. The lowest BCUT2D eigenvalue weighted by Gasteiger charge is -2.11. The van der Waals surface area contributed by atoms with Crippen molar-refractivity contribution < 1.29 is 13.5 Å². The van der Waals surface area contributed by atoms with Crippen molar-refractivity contribution in [3.8, 4) is 0 Å². The molecule has 0 aliphatic heterocycles. The molecule has 0 spiro atoms. The highest BCUT2D eigenvalue weighted by Crippen LogP contribution is 2.26. The number of ether oxygens (including phenoxy) is 1. The van der Waals surface area contributed by atoms with Crippen molar-refractivity contribution in [1.29, 1.82) is 0 Å². The molecule has 0 radical (unpaired) electrons. The lowest BCUT2D eigenvalue weighted by Crippen LogP contribution is -2.25. The second kappa shape index (κ2) is 6.93. The van der Waals surface area contributed by atoms with Gasteiger partial charge in [0.1, 0.15) is 6.61 Å². The summed E-state index contributed by atoms with van der Waals surface area (Å²) in [4.78, 5) is 0. The number of benzene rings is 1. The molecule has 2 N–H and O–H groups in total. The van der Waals surface area contributed by atoms with E-state index in [4.69, 9.17) is 10.5 Å². The first kappa shape index (κ1) is 14.4. The molecule has 19 heavy (non-hydrogen) atoms. The van der Waals surface area contributed by atoms with Crippen LogP contribution in [0.5, 0.6) is 0 Å². The van der Waals surface area contributed by atoms with Gasteiger partial charge in [-0.25, -0.2) is 8.78 Å². The van der Waals surface area contributed by atoms with Gasteiger partial charge in [-0.1, -0.05) is 18.2 Å². The van der Waals surface area contributed by atoms with Gasteiger partial charge in [0.25, 0.3) is 6.43 Å². The Hall–Kier alpha value is -1.04.